The molecule has 0 spiro atoms. The molecular formula is C17H15Cl2NS. The highest BCUT2D eigenvalue weighted by atomic mass is 35.5. The molecule has 2 heterocycles. The smallest absolute Gasteiger partial charge is 0.0649 e. The van der Waals surface area contributed by atoms with Crippen LogP contribution in [0.25, 0.3) is 0 Å². The van der Waals surface area contributed by atoms with Crippen molar-refractivity contribution < 1.29 is 0 Å². The quantitative estimate of drug-likeness (QED) is 0.612. The monoisotopic (exact) mass is 335 g/mol. The van der Waals surface area contributed by atoms with Crippen LogP contribution in [0.15, 0.2) is 35.7 Å². The lowest BCUT2D eigenvalue weighted by atomic mass is 9.78. The van der Waals surface area contributed by atoms with E-state index in [-0.39, 0.29) is 0 Å². The number of rotatable bonds is 1. The lowest BCUT2D eigenvalue weighted by Gasteiger charge is -2.38. The van der Waals surface area contributed by atoms with Gasteiger partial charge in [0, 0.05) is 21.4 Å². The number of hydrogen-bond donors (Lipinski definition) is 1. The maximum atomic E-state index is 6.45. The molecule has 4 heteroatoms. The van der Waals surface area contributed by atoms with Gasteiger partial charge in [-0.15, -0.1) is 11.3 Å². The third kappa shape index (κ3) is 2.04. The van der Waals surface area contributed by atoms with Crippen molar-refractivity contribution in [2.75, 3.05) is 5.32 Å². The zero-order valence-corrected chi connectivity index (χ0v) is 13.9. The van der Waals surface area contributed by atoms with Gasteiger partial charge in [0.2, 0.25) is 0 Å². The number of aryl methyl sites for hydroxylation is 1. The molecule has 2 aromatic rings. The second kappa shape index (κ2) is 5.05. The van der Waals surface area contributed by atoms with Gasteiger partial charge in [0.1, 0.15) is 0 Å². The molecule has 3 unspecified atom stereocenters. The molecule has 0 saturated heterocycles. The average Bonchev–Trinajstić information content (AvgIpc) is 3.10. The molecule has 0 fully saturated rings. The topological polar surface area (TPSA) is 12.0 Å². The van der Waals surface area contributed by atoms with Gasteiger partial charge >= 0.3 is 0 Å². The van der Waals surface area contributed by atoms with E-state index in [2.05, 4.69) is 35.8 Å². The van der Waals surface area contributed by atoms with Crippen molar-refractivity contribution in [1.82, 2.24) is 0 Å². The first-order valence-electron chi connectivity index (χ1n) is 7.12. The Bertz CT molecular complexity index is 734. The summed E-state index contributed by atoms with van der Waals surface area (Å²) in [4.78, 5) is 1.41. The highest BCUT2D eigenvalue weighted by molar-refractivity contribution is 7.10. The predicted octanol–water partition coefficient (Wildman–Crippen LogP) is 6.19. The van der Waals surface area contributed by atoms with Crippen molar-refractivity contribution in [3.05, 3.63) is 61.8 Å². The summed E-state index contributed by atoms with van der Waals surface area (Å²) in [7, 11) is 0. The first-order valence-corrected chi connectivity index (χ1v) is 8.75. The van der Waals surface area contributed by atoms with Gasteiger partial charge in [-0.2, -0.15) is 0 Å². The van der Waals surface area contributed by atoms with Gasteiger partial charge in [0.25, 0.3) is 0 Å². The van der Waals surface area contributed by atoms with Crippen molar-refractivity contribution in [2.45, 2.75) is 25.3 Å². The Morgan fingerprint density at radius 1 is 1.19 bits per heavy atom. The first-order chi connectivity index (χ1) is 10.2. The van der Waals surface area contributed by atoms with Gasteiger partial charge in [0.15, 0.2) is 0 Å². The van der Waals surface area contributed by atoms with Crippen molar-refractivity contribution in [3.8, 4) is 0 Å². The van der Waals surface area contributed by atoms with Crippen LogP contribution < -0.4 is 5.32 Å². The Hall–Kier alpha value is -0.960. The number of anilines is 1. The van der Waals surface area contributed by atoms with Crippen LogP contribution in [0.3, 0.4) is 0 Å². The van der Waals surface area contributed by atoms with Crippen molar-refractivity contribution in [3.63, 3.8) is 0 Å². The van der Waals surface area contributed by atoms with Gasteiger partial charge in [0.05, 0.1) is 16.8 Å². The zero-order valence-electron chi connectivity index (χ0n) is 11.6. The van der Waals surface area contributed by atoms with Crippen LogP contribution in [0, 0.1) is 12.8 Å². The number of nitrogens with one attached hydrogen (secondary N) is 1. The van der Waals surface area contributed by atoms with E-state index in [4.69, 9.17) is 23.2 Å². The lowest BCUT2D eigenvalue weighted by Crippen LogP contribution is -2.29. The molecule has 0 saturated carbocycles. The van der Waals surface area contributed by atoms with E-state index >= 15 is 0 Å². The van der Waals surface area contributed by atoms with Crippen LogP contribution in [0.2, 0.25) is 10.0 Å². The van der Waals surface area contributed by atoms with Crippen LogP contribution in [0.5, 0.6) is 0 Å². The first kappa shape index (κ1) is 13.7. The van der Waals surface area contributed by atoms with Crippen LogP contribution in [0.4, 0.5) is 5.69 Å². The van der Waals surface area contributed by atoms with Crippen molar-refractivity contribution >= 4 is 40.2 Å². The number of halogens is 2. The summed E-state index contributed by atoms with van der Waals surface area (Å²) in [6.07, 6.45) is 5.66. The van der Waals surface area contributed by atoms with Gasteiger partial charge < -0.3 is 5.32 Å². The summed E-state index contributed by atoms with van der Waals surface area (Å²) in [6, 6.07) is 6.29. The number of benzene rings is 1. The Morgan fingerprint density at radius 3 is 2.76 bits per heavy atom. The summed E-state index contributed by atoms with van der Waals surface area (Å²) in [5.74, 6) is 0.879. The molecule has 0 bridgehead atoms. The number of allylic oxidation sites excluding steroid dienone is 2. The van der Waals surface area contributed by atoms with Crippen molar-refractivity contribution in [2.24, 2.45) is 5.92 Å². The molecule has 108 valence electrons. The molecule has 1 aliphatic carbocycles. The Labute approximate surface area is 138 Å². The zero-order chi connectivity index (χ0) is 14.6. The van der Waals surface area contributed by atoms with Crippen molar-refractivity contribution in [1.29, 1.82) is 0 Å². The molecule has 21 heavy (non-hydrogen) atoms. The van der Waals surface area contributed by atoms with Crippen LogP contribution in [-0.2, 0) is 0 Å². The fraction of sp³-hybridized carbons (Fsp3) is 0.294. The van der Waals surface area contributed by atoms with E-state index in [1.165, 1.54) is 10.4 Å². The summed E-state index contributed by atoms with van der Waals surface area (Å²) in [5.41, 5.74) is 3.52. The van der Waals surface area contributed by atoms with Gasteiger partial charge in [-0.25, -0.2) is 0 Å². The van der Waals surface area contributed by atoms with E-state index in [0.29, 0.717) is 17.9 Å². The van der Waals surface area contributed by atoms with Gasteiger partial charge in [-0.3, -0.25) is 0 Å². The molecule has 0 amide bonds. The molecule has 1 aromatic heterocycles. The van der Waals surface area contributed by atoms with Crippen LogP contribution >= 0.6 is 34.5 Å². The van der Waals surface area contributed by atoms with E-state index < -0.39 is 0 Å². The number of fused-ring (bicyclic) bond motifs is 3. The molecule has 2 aliphatic rings. The third-order valence-corrected chi connectivity index (χ3v) is 6.35. The van der Waals surface area contributed by atoms with E-state index in [9.17, 15) is 0 Å². The Kier molecular flexibility index (Phi) is 3.29. The fourth-order valence-corrected chi connectivity index (χ4v) is 5.15. The SMILES string of the molecule is Cc1ccsc1C1Nc2c(Cl)ccc(Cl)c2C2C=CCC21. The summed E-state index contributed by atoms with van der Waals surface area (Å²) < 4.78 is 0. The maximum Gasteiger partial charge on any atom is 0.0649 e. The molecule has 1 N–H and O–H groups in total. The van der Waals surface area contributed by atoms with Gasteiger partial charge in [-0.05, 0) is 48.4 Å². The minimum absolute atomic E-state index is 0.313. The fourth-order valence-electron chi connectivity index (χ4n) is 3.59. The third-order valence-electron chi connectivity index (χ3n) is 4.60. The Balaban J connectivity index is 1.88. The summed E-state index contributed by atoms with van der Waals surface area (Å²) in [6.45, 7) is 2.18. The summed E-state index contributed by atoms with van der Waals surface area (Å²) in [5, 5.41) is 7.41. The minimum Gasteiger partial charge on any atom is -0.376 e. The molecular weight excluding hydrogens is 321 g/mol. The number of thiophene rings is 1. The lowest BCUT2D eigenvalue weighted by molar-refractivity contribution is 0.429. The predicted molar refractivity (Wildman–Crippen MR) is 91.9 cm³/mol. The molecule has 4 rings (SSSR count). The molecule has 0 radical (unpaired) electrons. The standard InChI is InChI=1S/C17H15Cl2NS/c1-9-7-8-21-17(9)15-11-4-2-3-10(11)14-12(18)5-6-13(19)16(14)20-15/h2-3,5-8,10-11,15,20H,4H2,1H3. The molecule has 1 nitrogen and oxygen atoms in total. The van der Waals surface area contributed by atoms with E-state index in [1.807, 2.05) is 23.5 Å². The van der Waals surface area contributed by atoms with E-state index in [1.54, 1.807) is 0 Å². The Morgan fingerprint density at radius 2 is 2.00 bits per heavy atom. The normalized spacial score (nSPS) is 26.3. The summed E-state index contributed by atoms with van der Waals surface area (Å²) >= 11 is 14.7. The number of hydrogen-bond acceptors (Lipinski definition) is 2. The second-order valence-corrected chi connectivity index (χ2v) is 7.52. The highest BCUT2D eigenvalue weighted by Crippen LogP contribution is 2.54. The molecule has 1 aliphatic heterocycles. The minimum atomic E-state index is 0.313. The average molecular weight is 336 g/mol. The second-order valence-electron chi connectivity index (χ2n) is 5.76. The highest BCUT2D eigenvalue weighted by Gasteiger charge is 2.40. The molecule has 1 aromatic carbocycles. The van der Waals surface area contributed by atoms with E-state index in [0.717, 1.165) is 27.7 Å². The van der Waals surface area contributed by atoms with Gasteiger partial charge in [-0.1, -0.05) is 35.4 Å². The van der Waals surface area contributed by atoms with Crippen LogP contribution in [-0.4, -0.2) is 0 Å². The maximum absolute atomic E-state index is 6.45. The molecule has 3 atom stereocenters. The largest absolute Gasteiger partial charge is 0.376 e. The van der Waals surface area contributed by atoms with Crippen LogP contribution in [0.1, 0.15) is 34.4 Å².